The maximum absolute atomic E-state index is 12.8. The molecule has 2 nitrogen and oxygen atoms in total. The van der Waals surface area contributed by atoms with Crippen molar-refractivity contribution in [2.75, 3.05) is 13.2 Å². The lowest BCUT2D eigenvalue weighted by molar-refractivity contribution is -0.137. The molecule has 2 aromatic carbocycles. The van der Waals surface area contributed by atoms with Crippen LogP contribution < -0.4 is 10.5 Å². The molecule has 0 aliphatic rings. The number of halogens is 3. The summed E-state index contributed by atoms with van der Waals surface area (Å²) in [4.78, 5) is 0. The Morgan fingerprint density at radius 1 is 1.09 bits per heavy atom. The van der Waals surface area contributed by atoms with Gasteiger partial charge in [0.2, 0.25) is 0 Å². The molecular weight excluding hydrogens is 291 g/mol. The van der Waals surface area contributed by atoms with E-state index in [1.54, 1.807) is 6.07 Å². The molecule has 22 heavy (non-hydrogen) atoms. The topological polar surface area (TPSA) is 35.2 Å². The third-order valence-electron chi connectivity index (χ3n) is 3.44. The molecule has 0 spiro atoms. The molecule has 0 heterocycles. The first kappa shape index (κ1) is 16.4. The summed E-state index contributed by atoms with van der Waals surface area (Å²) in [5, 5.41) is 0. The van der Waals surface area contributed by atoms with Crippen molar-refractivity contribution < 1.29 is 17.9 Å². The molecule has 5 heteroatoms. The van der Waals surface area contributed by atoms with Crippen LogP contribution in [-0.4, -0.2) is 13.2 Å². The number of hydrogen-bond acceptors (Lipinski definition) is 2. The van der Waals surface area contributed by atoms with E-state index in [0.717, 1.165) is 17.7 Å². The van der Waals surface area contributed by atoms with Gasteiger partial charge in [-0.3, -0.25) is 0 Å². The Morgan fingerprint density at radius 2 is 1.77 bits per heavy atom. The SMILES string of the molecule is Cc1ccc(OCC(CN)c2cccc(C(F)(F)F)c2)cc1. The van der Waals surface area contributed by atoms with Crippen LogP contribution in [0.15, 0.2) is 48.5 Å². The molecule has 1 atom stereocenters. The number of benzene rings is 2. The lowest BCUT2D eigenvalue weighted by Crippen LogP contribution is -2.20. The van der Waals surface area contributed by atoms with Gasteiger partial charge < -0.3 is 10.5 Å². The minimum Gasteiger partial charge on any atom is -0.493 e. The fourth-order valence-electron chi connectivity index (χ4n) is 2.10. The Labute approximate surface area is 127 Å². The standard InChI is InChI=1S/C17H18F3NO/c1-12-5-7-16(8-6-12)22-11-14(10-21)13-3-2-4-15(9-13)17(18,19)20/h2-9,14H,10-11,21H2,1H3. The van der Waals surface area contributed by atoms with Crippen molar-refractivity contribution in [3.8, 4) is 5.75 Å². The summed E-state index contributed by atoms with van der Waals surface area (Å²) in [6.07, 6.45) is -4.35. The Morgan fingerprint density at radius 3 is 2.36 bits per heavy atom. The average molecular weight is 309 g/mol. The number of rotatable bonds is 5. The van der Waals surface area contributed by atoms with Crippen LogP contribution >= 0.6 is 0 Å². The highest BCUT2D eigenvalue weighted by atomic mass is 19.4. The van der Waals surface area contributed by atoms with Gasteiger partial charge >= 0.3 is 6.18 Å². The second-order valence-electron chi connectivity index (χ2n) is 5.18. The second-order valence-corrected chi connectivity index (χ2v) is 5.18. The highest BCUT2D eigenvalue weighted by Gasteiger charge is 2.30. The molecule has 2 rings (SSSR count). The maximum Gasteiger partial charge on any atom is 0.416 e. The summed E-state index contributed by atoms with van der Waals surface area (Å²) < 4.78 is 43.9. The third-order valence-corrected chi connectivity index (χ3v) is 3.44. The van der Waals surface area contributed by atoms with Gasteiger partial charge in [-0.25, -0.2) is 0 Å². The Kier molecular flexibility index (Phi) is 5.08. The van der Waals surface area contributed by atoms with Gasteiger partial charge in [0, 0.05) is 12.5 Å². The molecule has 0 saturated heterocycles. The molecule has 0 bridgehead atoms. The first-order valence-electron chi connectivity index (χ1n) is 6.97. The molecule has 0 saturated carbocycles. The third kappa shape index (κ3) is 4.24. The average Bonchev–Trinajstić information content (AvgIpc) is 2.49. The summed E-state index contributed by atoms with van der Waals surface area (Å²) in [5.74, 6) is 0.389. The number of alkyl halides is 3. The first-order chi connectivity index (χ1) is 10.4. The van der Waals surface area contributed by atoms with Gasteiger partial charge in [-0.2, -0.15) is 13.2 Å². The van der Waals surface area contributed by atoms with Crippen molar-refractivity contribution in [3.63, 3.8) is 0 Å². The maximum atomic E-state index is 12.8. The van der Waals surface area contributed by atoms with Gasteiger partial charge in [-0.15, -0.1) is 0 Å². The number of nitrogens with two attached hydrogens (primary N) is 1. The smallest absolute Gasteiger partial charge is 0.416 e. The highest BCUT2D eigenvalue weighted by Crippen LogP contribution is 2.31. The van der Waals surface area contributed by atoms with Crippen LogP contribution in [0.3, 0.4) is 0 Å². The molecule has 118 valence electrons. The molecule has 2 N–H and O–H groups in total. The van der Waals surface area contributed by atoms with Crippen LogP contribution in [0.5, 0.6) is 5.75 Å². The fraction of sp³-hybridized carbons (Fsp3) is 0.294. The predicted octanol–water partition coefficient (Wildman–Crippen LogP) is 4.14. The van der Waals surface area contributed by atoms with Crippen molar-refractivity contribution in [1.82, 2.24) is 0 Å². The van der Waals surface area contributed by atoms with Gasteiger partial charge in [0.15, 0.2) is 0 Å². The zero-order valence-electron chi connectivity index (χ0n) is 12.2. The van der Waals surface area contributed by atoms with Crippen LogP contribution in [0.4, 0.5) is 13.2 Å². The second kappa shape index (κ2) is 6.83. The van der Waals surface area contributed by atoms with E-state index in [-0.39, 0.29) is 19.1 Å². The molecular formula is C17H18F3NO. The number of aryl methyl sites for hydroxylation is 1. The van der Waals surface area contributed by atoms with Crippen molar-refractivity contribution in [1.29, 1.82) is 0 Å². The minimum atomic E-state index is -4.35. The lowest BCUT2D eigenvalue weighted by Gasteiger charge is -2.18. The van der Waals surface area contributed by atoms with E-state index in [1.807, 2.05) is 31.2 Å². The van der Waals surface area contributed by atoms with Crippen molar-refractivity contribution in [2.45, 2.75) is 19.0 Å². The predicted molar refractivity (Wildman–Crippen MR) is 79.9 cm³/mol. The monoisotopic (exact) mass is 309 g/mol. The lowest BCUT2D eigenvalue weighted by atomic mass is 9.98. The van der Waals surface area contributed by atoms with E-state index in [4.69, 9.17) is 10.5 Å². The summed E-state index contributed by atoms with van der Waals surface area (Å²) in [6, 6.07) is 12.7. The van der Waals surface area contributed by atoms with Crippen LogP contribution in [0.25, 0.3) is 0 Å². The molecule has 0 aliphatic heterocycles. The largest absolute Gasteiger partial charge is 0.493 e. The Hall–Kier alpha value is -2.01. The normalized spacial score (nSPS) is 13.0. The quantitative estimate of drug-likeness (QED) is 0.901. The Bertz CT molecular complexity index is 608. The van der Waals surface area contributed by atoms with E-state index in [2.05, 4.69) is 0 Å². The summed E-state index contributed by atoms with van der Waals surface area (Å²) in [6.45, 7) is 2.42. The van der Waals surface area contributed by atoms with E-state index in [1.165, 1.54) is 6.07 Å². The van der Waals surface area contributed by atoms with Crippen molar-refractivity contribution in [2.24, 2.45) is 5.73 Å². The van der Waals surface area contributed by atoms with Gasteiger partial charge in [0.05, 0.1) is 12.2 Å². The summed E-state index contributed by atoms with van der Waals surface area (Å²) in [5.41, 5.74) is 6.67. The molecule has 0 amide bonds. The highest BCUT2D eigenvalue weighted by molar-refractivity contribution is 5.30. The molecule has 2 aromatic rings. The van der Waals surface area contributed by atoms with Crippen LogP contribution in [0, 0.1) is 6.92 Å². The van der Waals surface area contributed by atoms with Gasteiger partial charge in [0.25, 0.3) is 0 Å². The summed E-state index contributed by atoms with van der Waals surface area (Å²) >= 11 is 0. The van der Waals surface area contributed by atoms with Gasteiger partial charge in [0.1, 0.15) is 5.75 Å². The summed E-state index contributed by atoms with van der Waals surface area (Å²) in [7, 11) is 0. The van der Waals surface area contributed by atoms with Gasteiger partial charge in [-0.1, -0.05) is 35.9 Å². The zero-order chi connectivity index (χ0) is 16.2. The van der Waals surface area contributed by atoms with E-state index in [0.29, 0.717) is 11.3 Å². The van der Waals surface area contributed by atoms with Crippen molar-refractivity contribution >= 4 is 0 Å². The molecule has 0 aliphatic carbocycles. The molecule has 0 radical (unpaired) electrons. The minimum absolute atomic E-state index is 0.215. The first-order valence-corrected chi connectivity index (χ1v) is 6.97. The van der Waals surface area contributed by atoms with E-state index >= 15 is 0 Å². The van der Waals surface area contributed by atoms with Crippen LogP contribution in [-0.2, 0) is 6.18 Å². The number of hydrogen-bond donors (Lipinski definition) is 1. The van der Waals surface area contributed by atoms with Gasteiger partial charge in [-0.05, 0) is 30.7 Å². The van der Waals surface area contributed by atoms with Crippen LogP contribution in [0.2, 0.25) is 0 Å². The number of ether oxygens (including phenoxy) is 1. The Balaban J connectivity index is 2.09. The van der Waals surface area contributed by atoms with E-state index in [9.17, 15) is 13.2 Å². The molecule has 0 fully saturated rings. The molecule has 0 aromatic heterocycles. The zero-order valence-corrected chi connectivity index (χ0v) is 12.2. The van der Waals surface area contributed by atoms with Crippen molar-refractivity contribution in [3.05, 3.63) is 65.2 Å². The van der Waals surface area contributed by atoms with Crippen LogP contribution in [0.1, 0.15) is 22.6 Å². The fourth-order valence-corrected chi connectivity index (χ4v) is 2.10. The molecule has 1 unspecified atom stereocenters. The van der Waals surface area contributed by atoms with E-state index < -0.39 is 11.7 Å².